The Morgan fingerprint density at radius 1 is 1.27 bits per heavy atom. The lowest BCUT2D eigenvalue weighted by Crippen LogP contribution is -2.45. The minimum atomic E-state index is -3.78. The first-order chi connectivity index (χ1) is 13.9. The normalized spacial score (nSPS) is 17.6. The van der Waals surface area contributed by atoms with Crippen LogP contribution in [-0.2, 0) is 14.8 Å². The first-order valence-corrected chi connectivity index (χ1v) is 12.0. The van der Waals surface area contributed by atoms with E-state index in [2.05, 4.69) is 5.32 Å². The van der Waals surface area contributed by atoms with Crippen molar-refractivity contribution in [2.45, 2.75) is 38.8 Å². The van der Waals surface area contributed by atoms with Crippen LogP contribution in [0.25, 0.3) is 0 Å². The van der Waals surface area contributed by atoms with E-state index in [1.165, 1.54) is 6.07 Å². The summed E-state index contributed by atoms with van der Waals surface area (Å²) in [5.41, 5.74) is 1.59. The summed E-state index contributed by atoms with van der Waals surface area (Å²) < 4.78 is 31.8. The van der Waals surface area contributed by atoms with E-state index in [1.54, 1.807) is 12.1 Å². The predicted octanol–water partition coefficient (Wildman–Crippen LogP) is 4.49. The fourth-order valence-corrected chi connectivity index (χ4v) is 4.83. The van der Waals surface area contributed by atoms with Gasteiger partial charge in [-0.1, -0.05) is 41.4 Å². The molecule has 0 saturated heterocycles. The molecule has 3 rings (SSSR count). The third-order valence-electron chi connectivity index (χ3n) is 4.85. The maximum Gasteiger partial charge on any atom is 0.241 e. The number of fused-ring (bicyclic) bond motifs is 1. The van der Waals surface area contributed by atoms with Gasteiger partial charge < -0.3 is 10.1 Å². The van der Waals surface area contributed by atoms with Crippen LogP contribution in [0.3, 0.4) is 0 Å². The molecule has 1 N–H and O–H groups in total. The van der Waals surface area contributed by atoms with Crippen molar-refractivity contribution in [1.29, 1.82) is 0 Å². The van der Waals surface area contributed by atoms with Gasteiger partial charge in [0, 0.05) is 12.0 Å². The molecular formula is C21H24Cl2N2O4S. The molecule has 0 spiro atoms. The van der Waals surface area contributed by atoms with Crippen LogP contribution in [-0.4, -0.2) is 32.7 Å². The van der Waals surface area contributed by atoms with Gasteiger partial charge in [-0.25, -0.2) is 8.42 Å². The van der Waals surface area contributed by atoms with E-state index in [1.807, 2.05) is 39.0 Å². The van der Waals surface area contributed by atoms with Gasteiger partial charge in [0.25, 0.3) is 0 Å². The molecule has 2 aromatic carbocycles. The highest BCUT2D eigenvalue weighted by Crippen LogP contribution is 2.40. The van der Waals surface area contributed by atoms with Crippen molar-refractivity contribution in [3.05, 3.63) is 57.6 Å². The van der Waals surface area contributed by atoms with Crippen LogP contribution in [0.15, 0.2) is 36.4 Å². The molecule has 1 heterocycles. The highest BCUT2D eigenvalue weighted by Gasteiger charge is 2.35. The second-order valence-electron chi connectivity index (χ2n) is 8.07. The summed E-state index contributed by atoms with van der Waals surface area (Å²) in [7, 11) is -3.78. The highest BCUT2D eigenvalue weighted by atomic mass is 35.5. The van der Waals surface area contributed by atoms with Gasteiger partial charge in [-0.05, 0) is 44.5 Å². The number of hydrogen-bond donors (Lipinski definition) is 1. The van der Waals surface area contributed by atoms with E-state index in [0.717, 1.165) is 27.4 Å². The second-order valence-corrected chi connectivity index (χ2v) is 10.8. The number of carbonyl (C=O) groups is 1. The van der Waals surface area contributed by atoms with Crippen molar-refractivity contribution in [1.82, 2.24) is 5.32 Å². The molecule has 0 radical (unpaired) electrons. The van der Waals surface area contributed by atoms with Gasteiger partial charge >= 0.3 is 0 Å². The van der Waals surface area contributed by atoms with Crippen molar-refractivity contribution >= 4 is 44.8 Å². The van der Waals surface area contributed by atoms with E-state index in [0.29, 0.717) is 6.42 Å². The Morgan fingerprint density at radius 3 is 2.63 bits per heavy atom. The summed E-state index contributed by atoms with van der Waals surface area (Å²) in [5.74, 6) is 0.264. The molecule has 2 aromatic rings. The van der Waals surface area contributed by atoms with Crippen molar-refractivity contribution in [3.8, 4) is 5.75 Å². The number of anilines is 1. The smallest absolute Gasteiger partial charge is 0.241 e. The minimum absolute atomic E-state index is 0.0745. The molecule has 6 nitrogen and oxygen atoms in total. The average molecular weight is 471 g/mol. The molecule has 9 heteroatoms. The maximum absolute atomic E-state index is 12.9. The first-order valence-electron chi connectivity index (χ1n) is 9.38. The number of hydrogen-bond acceptors (Lipinski definition) is 4. The zero-order valence-electron chi connectivity index (χ0n) is 17.2. The second kappa shape index (κ2) is 8.29. The number of nitrogens with one attached hydrogen (secondary N) is 1. The highest BCUT2D eigenvalue weighted by molar-refractivity contribution is 7.92. The van der Waals surface area contributed by atoms with Gasteiger partial charge in [0.2, 0.25) is 15.9 Å². The summed E-state index contributed by atoms with van der Waals surface area (Å²) in [6.45, 7) is 5.45. The molecule has 0 bridgehead atoms. The first kappa shape index (κ1) is 22.7. The lowest BCUT2D eigenvalue weighted by atomic mass is 9.89. The zero-order valence-corrected chi connectivity index (χ0v) is 19.5. The quantitative estimate of drug-likeness (QED) is 0.698. The molecule has 162 valence electrons. The Hall–Kier alpha value is -1.96. The molecule has 0 saturated carbocycles. The van der Waals surface area contributed by atoms with E-state index < -0.39 is 28.1 Å². The summed E-state index contributed by atoms with van der Waals surface area (Å²) >= 11 is 12.2. The number of ether oxygens (including phenoxy) is 1. The van der Waals surface area contributed by atoms with Crippen LogP contribution in [0.4, 0.5) is 5.69 Å². The molecule has 0 aromatic heterocycles. The van der Waals surface area contributed by atoms with E-state index in [4.69, 9.17) is 27.9 Å². The van der Waals surface area contributed by atoms with Crippen molar-refractivity contribution in [2.75, 3.05) is 17.1 Å². The molecule has 1 atom stereocenters. The van der Waals surface area contributed by atoms with Crippen LogP contribution in [0, 0.1) is 6.92 Å². The summed E-state index contributed by atoms with van der Waals surface area (Å²) in [6.07, 6.45) is 1.57. The predicted molar refractivity (Wildman–Crippen MR) is 120 cm³/mol. The standard InChI is InChI=1S/C21H24Cl2N2O4S/c1-13-8-9-14-16(11-21(2,3)29-18(14)10-13)24-19(26)12-25(30(4,27)28)17-7-5-6-15(22)20(17)23/h5-10,16H,11-12H2,1-4H3,(H,24,26). The Morgan fingerprint density at radius 2 is 1.97 bits per heavy atom. The fraction of sp³-hybridized carbons (Fsp3) is 0.381. The van der Waals surface area contributed by atoms with E-state index in [-0.39, 0.29) is 21.8 Å². The topological polar surface area (TPSA) is 75.7 Å². The number of amides is 1. The van der Waals surface area contributed by atoms with Crippen LogP contribution in [0.2, 0.25) is 10.0 Å². The maximum atomic E-state index is 12.9. The number of aryl methyl sites for hydroxylation is 1. The Bertz CT molecular complexity index is 1090. The van der Waals surface area contributed by atoms with Gasteiger partial charge in [-0.15, -0.1) is 0 Å². The van der Waals surface area contributed by atoms with Gasteiger partial charge in [0.15, 0.2) is 0 Å². The molecular weight excluding hydrogens is 447 g/mol. The third kappa shape index (κ3) is 5.02. The number of rotatable bonds is 5. The van der Waals surface area contributed by atoms with E-state index in [9.17, 15) is 13.2 Å². The SMILES string of the molecule is Cc1ccc2c(c1)OC(C)(C)CC2NC(=O)CN(c1cccc(Cl)c1Cl)S(C)(=O)=O. The number of carbonyl (C=O) groups excluding carboxylic acids is 1. The molecule has 0 fully saturated rings. The molecule has 1 aliphatic rings. The van der Waals surface area contributed by atoms with Gasteiger partial charge in [-0.3, -0.25) is 9.10 Å². The lowest BCUT2D eigenvalue weighted by Gasteiger charge is -2.38. The monoisotopic (exact) mass is 470 g/mol. The van der Waals surface area contributed by atoms with Crippen molar-refractivity contribution in [3.63, 3.8) is 0 Å². The van der Waals surface area contributed by atoms with Gasteiger partial charge in [0.05, 0.1) is 28.0 Å². The Balaban J connectivity index is 1.87. The van der Waals surface area contributed by atoms with Crippen LogP contribution >= 0.6 is 23.2 Å². The summed E-state index contributed by atoms with van der Waals surface area (Å²) in [4.78, 5) is 12.9. The van der Waals surface area contributed by atoms with Crippen LogP contribution in [0.5, 0.6) is 5.75 Å². The lowest BCUT2D eigenvalue weighted by molar-refractivity contribution is -0.120. The average Bonchev–Trinajstić information content (AvgIpc) is 2.60. The molecule has 1 amide bonds. The zero-order chi connectivity index (χ0) is 22.3. The Labute approximate surface area is 187 Å². The fourth-order valence-electron chi connectivity index (χ4n) is 3.52. The Kier molecular flexibility index (Phi) is 6.28. The van der Waals surface area contributed by atoms with Gasteiger partial charge in [-0.2, -0.15) is 0 Å². The molecule has 1 unspecified atom stereocenters. The largest absolute Gasteiger partial charge is 0.487 e. The minimum Gasteiger partial charge on any atom is -0.487 e. The van der Waals surface area contributed by atoms with E-state index >= 15 is 0 Å². The summed E-state index contributed by atoms with van der Waals surface area (Å²) in [6, 6.07) is 10.1. The van der Waals surface area contributed by atoms with Crippen molar-refractivity contribution < 1.29 is 17.9 Å². The van der Waals surface area contributed by atoms with Crippen LogP contribution in [0.1, 0.15) is 37.4 Å². The van der Waals surface area contributed by atoms with Gasteiger partial charge in [0.1, 0.15) is 17.9 Å². The van der Waals surface area contributed by atoms with Crippen LogP contribution < -0.4 is 14.4 Å². The third-order valence-corrected chi connectivity index (χ3v) is 6.78. The van der Waals surface area contributed by atoms with Crippen molar-refractivity contribution in [2.24, 2.45) is 0 Å². The molecule has 0 aliphatic carbocycles. The molecule has 1 aliphatic heterocycles. The summed E-state index contributed by atoms with van der Waals surface area (Å²) in [5, 5.41) is 3.24. The number of benzene rings is 2. The number of nitrogens with zero attached hydrogens (tertiary/aromatic N) is 1. The number of sulfonamides is 1. The molecule has 30 heavy (non-hydrogen) atoms. The number of halogens is 2.